The number of piperidine rings is 1. The fourth-order valence-electron chi connectivity index (χ4n) is 7.18. The van der Waals surface area contributed by atoms with Gasteiger partial charge in [0, 0.05) is 25.7 Å². The van der Waals surface area contributed by atoms with Gasteiger partial charge in [-0.15, -0.1) is 0 Å². The number of carbonyl (C=O) groups excluding carboxylic acids is 1. The lowest BCUT2D eigenvalue weighted by atomic mass is 9.97. The van der Waals surface area contributed by atoms with Crippen molar-refractivity contribution in [2.24, 2.45) is 0 Å². The highest BCUT2D eigenvalue weighted by atomic mass is 19.1. The van der Waals surface area contributed by atoms with Crippen LogP contribution in [0.15, 0.2) is 48.7 Å². The Hall–Kier alpha value is -3.39. The minimum Gasteiger partial charge on any atom is -0.369 e. The number of nitrogens with zero attached hydrogens (tertiary/aromatic N) is 5. The van der Waals surface area contributed by atoms with Gasteiger partial charge in [0.1, 0.15) is 17.7 Å². The summed E-state index contributed by atoms with van der Waals surface area (Å²) in [5.74, 6) is 0.427. The second-order valence-electron chi connectivity index (χ2n) is 12.2. The Morgan fingerprint density at radius 2 is 1.80 bits per heavy atom. The van der Waals surface area contributed by atoms with Crippen LogP contribution >= 0.6 is 0 Å². The molecule has 0 N–H and O–H groups in total. The van der Waals surface area contributed by atoms with Crippen molar-refractivity contribution in [3.63, 3.8) is 0 Å². The third kappa shape index (κ3) is 4.90. The van der Waals surface area contributed by atoms with Crippen LogP contribution in [0, 0.1) is 12.7 Å². The average molecular weight is 558 g/mol. The molecular weight excluding hydrogens is 517 g/mol. The molecule has 0 radical (unpaired) electrons. The van der Waals surface area contributed by atoms with Crippen LogP contribution in [0.5, 0.6) is 0 Å². The molecule has 41 heavy (non-hydrogen) atoms. The number of rotatable bonds is 6. The van der Waals surface area contributed by atoms with Crippen molar-refractivity contribution in [3.05, 3.63) is 76.9 Å². The summed E-state index contributed by atoms with van der Waals surface area (Å²) in [6, 6.07) is 13.8. The lowest BCUT2D eigenvalue weighted by Crippen LogP contribution is -2.55. The first-order valence-corrected chi connectivity index (χ1v) is 15.4. The number of aryl methyl sites for hydroxylation is 1. The Morgan fingerprint density at radius 1 is 1.00 bits per heavy atom. The molecular formula is C33H40FN5O2. The van der Waals surface area contributed by atoms with E-state index in [0.717, 1.165) is 55.7 Å². The van der Waals surface area contributed by atoms with E-state index in [0.29, 0.717) is 31.2 Å². The quantitative estimate of drug-likeness (QED) is 0.325. The van der Waals surface area contributed by atoms with Crippen molar-refractivity contribution in [3.8, 4) is 0 Å². The summed E-state index contributed by atoms with van der Waals surface area (Å²) in [7, 11) is 0. The van der Waals surface area contributed by atoms with E-state index in [1.165, 1.54) is 30.0 Å². The molecule has 2 saturated heterocycles. The number of hydrogen-bond donors (Lipinski definition) is 0. The fourth-order valence-corrected chi connectivity index (χ4v) is 7.18. The van der Waals surface area contributed by atoms with Crippen molar-refractivity contribution in [1.82, 2.24) is 14.7 Å². The number of carbonyl (C=O) groups is 1. The first-order valence-electron chi connectivity index (χ1n) is 15.4. The van der Waals surface area contributed by atoms with E-state index in [9.17, 15) is 9.18 Å². The third-order valence-corrected chi connectivity index (χ3v) is 9.51. The first-order chi connectivity index (χ1) is 20.0. The molecule has 2 atom stereocenters. The van der Waals surface area contributed by atoms with E-state index in [1.54, 1.807) is 6.07 Å². The summed E-state index contributed by atoms with van der Waals surface area (Å²) in [5.41, 5.74) is 6.06. The van der Waals surface area contributed by atoms with Crippen molar-refractivity contribution >= 4 is 17.4 Å². The lowest BCUT2D eigenvalue weighted by Gasteiger charge is -2.46. The van der Waals surface area contributed by atoms with E-state index in [1.807, 2.05) is 28.8 Å². The molecule has 7 nitrogen and oxygen atoms in total. The van der Waals surface area contributed by atoms with E-state index >= 15 is 0 Å². The van der Waals surface area contributed by atoms with Gasteiger partial charge in [-0.3, -0.25) is 4.90 Å². The number of para-hydroxylation sites is 1. The number of ether oxygens (including phenoxy) is 1. The van der Waals surface area contributed by atoms with Gasteiger partial charge in [0.15, 0.2) is 0 Å². The number of benzene rings is 2. The highest BCUT2D eigenvalue weighted by molar-refractivity contribution is 5.95. The van der Waals surface area contributed by atoms with Crippen LogP contribution in [-0.2, 0) is 11.3 Å². The van der Waals surface area contributed by atoms with Gasteiger partial charge in [-0.25, -0.2) is 13.9 Å². The van der Waals surface area contributed by atoms with Crippen LogP contribution in [0.2, 0.25) is 0 Å². The number of hydrogen-bond acceptors (Lipinski definition) is 4. The van der Waals surface area contributed by atoms with Crippen LogP contribution in [-0.4, -0.2) is 46.4 Å². The topological polar surface area (TPSA) is 53.8 Å². The zero-order chi connectivity index (χ0) is 28.1. The molecule has 1 aromatic heterocycles. The molecule has 3 aromatic rings. The molecule has 3 fully saturated rings. The van der Waals surface area contributed by atoms with Crippen molar-refractivity contribution in [2.45, 2.75) is 89.6 Å². The van der Waals surface area contributed by atoms with Crippen LogP contribution in [0.1, 0.15) is 92.4 Å². The minimum atomic E-state index is -0.175. The van der Waals surface area contributed by atoms with Crippen molar-refractivity contribution in [1.29, 1.82) is 0 Å². The Morgan fingerprint density at radius 3 is 2.54 bits per heavy atom. The number of amides is 2. The largest absolute Gasteiger partial charge is 0.369 e. The van der Waals surface area contributed by atoms with Gasteiger partial charge in [0.2, 0.25) is 0 Å². The van der Waals surface area contributed by atoms with Gasteiger partial charge >= 0.3 is 6.03 Å². The Balaban J connectivity index is 1.19. The molecule has 7 rings (SSSR count). The number of anilines is 2. The third-order valence-electron chi connectivity index (χ3n) is 9.51. The summed E-state index contributed by atoms with van der Waals surface area (Å²) in [5, 5.41) is 5.08. The predicted octanol–water partition coefficient (Wildman–Crippen LogP) is 7.08. The molecule has 2 aromatic carbocycles. The summed E-state index contributed by atoms with van der Waals surface area (Å²) in [4.78, 5) is 20.6. The summed E-state index contributed by atoms with van der Waals surface area (Å²) in [6.07, 6.45) is 9.11. The summed E-state index contributed by atoms with van der Waals surface area (Å²) in [6.45, 7) is 6.78. The lowest BCUT2D eigenvalue weighted by molar-refractivity contribution is -0.0398. The molecule has 1 saturated carbocycles. The Labute approximate surface area is 241 Å². The first kappa shape index (κ1) is 26.5. The Bertz CT molecular complexity index is 1400. The number of halogens is 1. The molecule has 2 unspecified atom stereocenters. The van der Waals surface area contributed by atoms with Crippen molar-refractivity contribution in [2.75, 3.05) is 29.5 Å². The van der Waals surface area contributed by atoms with E-state index in [2.05, 4.69) is 41.0 Å². The van der Waals surface area contributed by atoms with Crippen LogP contribution in [0.4, 0.5) is 20.6 Å². The normalized spacial score (nSPS) is 23.7. The van der Waals surface area contributed by atoms with Gasteiger partial charge in [0.25, 0.3) is 0 Å². The highest BCUT2D eigenvalue weighted by Gasteiger charge is 2.43. The molecule has 3 aliphatic heterocycles. The zero-order valence-corrected chi connectivity index (χ0v) is 24.1. The van der Waals surface area contributed by atoms with E-state index in [-0.39, 0.29) is 30.2 Å². The van der Waals surface area contributed by atoms with E-state index in [4.69, 9.17) is 9.84 Å². The number of fused-ring (bicyclic) bond motifs is 1. The molecule has 216 valence electrons. The molecule has 8 heteroatoms. The monoisotopic (exact) mass is 557 g/mol. The Kier molecular flexibility index (Phi) is 6.97. The second-order valence-corrected chi connectivity index (χ2v) is 12.2. The maximum absolute atomic E-state index is 14.8. The summed E-state index contributed by atoms with van der Waals surface area (Å²) >= 11 is 0. The molecule has 4 heterocycles. The molecule has 1 aliphatic carbocycles. The van der Waals surface area contributed by atoms with Gasteiger partial charge in [-0.2, -0.15) is 5.10 Å². The van der Waals surface area contributed by atoms with Crippen LogP contribution in [0.25, 0.3) is 0 Å². The zero-order valence-electron chi connectivity index (χ0n) is 24.1. The van der Waals surface area contributed by atoms with Gasteiger partial charge in [-0.05, 0) is 87.5 Å². The highest BCUT2D eigenvalue weighted by Crippen LogP contribution is 2.44. The van der Waals surface area contributed by atoms with Gasteiger partial charge in [-0.1, -0.05) is 36.4 Å². The van der Waals surface area contributed by atoms with E-state index < -0.39 is 0 Å². The standard InChI is InChI=1S/C33H40FN5O2/c1-22-8-7-11-28(34)32(22)36-17-15-26(16-18-36)39-23(2)31-29(21-38(35-31)30-12-5-6-19-41-30)37(33(39)40)20-25-9-3-4-10-27(25)24-13-14-24/h3-4,7-11,21,23-24,26,30H,5-6,12-20H2,1-2H3. The predicted molar refractivity (Wildman–Crippen MR) is 158 cm³/mol. The average Bonchev–Trinajstić information content (AvgIpc) is 3.74. The van der Waals surface area contributed by atoms with Gasteiger partial charge < -0.3 is 14.5 Å². The second kappa shape index (κ2) is 10.8. The van der Waals surface area contributed by atoms with Crippen LogP contribution < -0.4 is 9.80 Å². The molecule has 0 bridgehead atoms. The summed E-state index contributed by atoms with van der Waals surface area (Å²) < 4.78 is 22.8. The maximum atomic E-state index is 14.8. The number of urea groups is 1. The number of aromatic nitrogens is 2. The molecule has 0 spiro atoms. The fraction of sp³-hybridized carbons (Fsp3) is 0.515. The smallest absolute Gasteiger partial charge is 0.325 e. The van der Waals surface area contributed by atoms with Gasteiger partial charge in [0.05, 0.1) is 30.2 Å². The van der Waals surface area contributed by atoms with Crippen LogP contribution in [0.3, 0.4) is 0 Å². The molecule has 4 aliphatic rings. The maximum Gasteiger partial charge on any atom is 0.325 e. The SMILES string of the molecule is Cc1cccc(F)c1N1CCC(N2C(=O)N(Cc3ccccc3C3CC3)c3cn(C4CCCCO4)nc3C2C)CC1. The van der Waals surface area contributed by atoms with Crippen molar-refractivity contribution < 1.29 is 13.9 Å². The molecule has 2 amide bonds. The minimum absolute atomic E-state index is 0.0419.